The summed E-state index contributed by atoms with van der Waals surface area (Å²) in [7, 11) is -9.82. The first-order valence-corrected chi connectivity index (χ1v) is 8.79. The van der Waals surface area contributed by atoms with Gasteiger partial charge in [0.1, 0.15) is 0 Å². The molecule has 1 fully saturated rings. The molecule has 9 nitrogen and oxygen atoms in total. The van der Waals surface area contributed by atoms with E-state index in [4.69, 9.17) is 5.73 Å². The SMILES string of the molecule is NCCN1CCNCC1C(P(=O)(O)O)P(=O)(O)O. The van der Waals surface area contributed by atoms with Gasteiger partial charge in [-0.25, -0.2) is 0 Å². The van der Waals surface area contributed by atoms with E-state index in [-0.39, 0.29) is 13.1 Å². The average molecular weight is 303 g/mol. The van der Waals surface area contributed by atoms with Crippen LogP contribution in [0.3, 0.4) is 0 Å². The van der Waals surface area contributed by atoms with E-state index in [2.05, 4.69) is 5.32 Å². The molecule has 0 spiro atoms. The normalized spacial score (nSPS) is 23.6. The van der Waals surface area contributed by atoms with Crippen molar-refractivity contribution in [3.8, 4) is 0 Å². The maximum atomic E-state index is 11.3. The van der Waals surface area contributed by atoms with Crippen LogP contribution < -0.4 is 11.1 Å². The zero-order valence-electron chi connectivity index (χ0n) is 9.71. The molecule has 0 aromatic carbocycles. The zero-order valence-corrected chi connectivity index (χ0v) is 11.5. The Balaban J connectivity index is 3.03. The van der Waals surface area contributed by atoms with Crippen LogP contribution in [-0.2, 0) is 9.13 Å². The third-order valence-corrected chi connectivity index (χ3v) is 6.72. The van der Waals surface area contributed by atoms with Crippen LogP contribution in [0, 0.1) is 0 Å². The van der Waals surface area contributed by atoms with Crippen molar-refractivity contribution in [1.29, 1.82) is 0 Å². The number of hydrogen-bond donors (Lipinski definition) is 6. The Morgan fingerprint density at radius 1 is 1.28 bits per heavy atom. The van der Waals surface area contributed by atoms with Crippen LogP contribution >= 0.6 is 15.2 Å². The standard InChI is InChI=1S/C7H19N3O6P2/c8-1-3-10-4-2-9-5-6(10)7(17(11,12)13)18(14,15)16/h6-7,9H,1-5,8H2,(H2,11,12,13)(H2,14,15,16). The van der Waals surface area contributed by atoms with Crippen molar-refractivity contribution in [2.75, 3.05) is 32.7 Å². The van der Waals surface area contributed by atoms with Gasteiger partial charge in [-0.05, 0) is 0 Å². The lowest BCUT2D eigenvalue weighted by atomic mass is 10.2. The Kier molecular flexibility index (Phi) is 5.49. The third-order valence-electron chi connectivity index (χ3n) is 2.85. The molecule has 1 heterocycles. The van der Waals surface area contributed by atoms with Gasteiger partial charge in [0.2, 0.25) is 0 Å². The van der Waals surface area contributed by atoms with Gasteiger partial charge in [0.25, 0.3) is 0 Å². The van der Waals surface area contributed by atoms with E-state index in [1.165, 1.54) is 0 Å². The highest BCUT2D eigenvalue weighted by Gasteiger charge is 2.50. The Bertz CT molecular complexity index is 344. The predicted molar refractivity (Wildman–Crippen MR) is 65.2 cm³/mol. The molecule has 0 saturated carbocycles. The van der Waals surface area contributed by atoms with Gasteiger partial charge >= 0.3 is 15.2 Å². The average Bonchev–Trinajstić information content (AvgIpc) is 2.17. The number of piperazine rings is 1. The summed E-state index contributed by atoms with van der Waals surface area (Å²) < 4.78 is 22.7. The molecular formula is C7H19N3O6P2. The van der Waals surface area contributed by atoms with Crippen molar-refractivity contribution < 1.29 is 28.7 Å². The second kappa shape index (κ2) is 6.09. The molecule has 11 heteroatoms. The molecule has 1 unspecified atom stereocenters. The molecule has 1 atom stereocenters. The highest BCUT2D eigenvalue weighted by atomic mass is 31.2. The molecule has 1 rings (SSSR count). The van der Waals surface area contributed by atoms with Gasteiger partial charge in [0, 0.05) is 38.8 Å². The Morgan fingerprint density at radius 2 is 1.83 bits per heavy atom. The number of rotatable bonds is 5. The van der Waals surface area contributed by atoms with E-state index < -0.39 is 26.6 Å². The van der Waals surface area contributed by atoms with Crippen LogP contribution in [0.1, 0.15) is 0 Å². The predicted octanol–water partition coefficient (Wildman–Crippen LogP) is -2.10. The summed E-state index contributed by atoms with van der Waals surface area (Å²) in [5.41, 5.74) is 5.39. The Labute approximate surface area is 105 Å². The third kappa shape index (κ3) is 4.09. The quantitative estimate of drug-likeness (QED) is 0.313. The molecule has 18 heavy (non-hydrogen) atoms. The first-order valence-electron chi connectivity index (χ1n) is 5.43. The van der Waals surface area contributed by atoms with Crippen molar-refractivity contribution in [1.82, 2.24) is 10.2 Å². The topological polar surface area (TPSA) is 156 Å². The summed E-state index contributed by atoms with van der Waals surface area (Å²) in [5, 5.41) is 0.869. The highest BCUT2D eigenvalue weighted by Crippen LogP contribution is 2.61. The fourth-order valence-electron chi connectivity index (χ4n) is 2.15. The van der Waals surface area contributed by atoms with Crippen LogP contribution in [0.4, 0.5) is 0 Å². The number of hydrogen-bond acceptors (Lipinski definition) is 5. The van der Waals surface area contributed by atoms with Crippen molar-refractivity contribution in [3.63, 3.8) is 0 Å². The summed E-state index contributed by atoms with van der Waals surface area (Å²) in [6.45, 7) is 1.74. The second-order valence-electron chi connectivity index (χ2n) is 4.19. The monoisotopic (exact) mass is 303 g/mol. The van der Waals surface area contributed by atoms with Gasteiger partial charge in [0.15, 0.2) is 5.40 Å². The molecule has 0 amide bonds. The van der Waals surface area contributed by atoms with Crippen molar-refractivity contribution in [2.45, 2.75) is 11.4 Å². The molecular weight excluding hydrogens is 284 g/mol. The van der Waals surface area contributed by atoms with E-state index in [9.17, 15) is 28.7 Å². The lowest BCUT2D eigenvalue weighted by Crippen LogP contribution is -2.57. The van der Waals surface area contributed by atoms with Crippen molar-refractivity contribution in [2.24, 2.45) is 5.73 Å². The molecule has 0 bridgehead atoms. The molecule has 0 aliphatic carbocycles. The Hall–Kier alpha value is 0.180. The van der Waals surface area contributed by atoms with Gasteiger partial charge in [-0.15, -0.1) is 0 Å². The first kappa shape index (κ1) is 16.2. The molecule has 0 radical (unpaired) electrons. The molecule has 108 valence electrons. The van der Waals surface area contributed by atoms with Crippen molar-refractivity contribution in [3.05, 3.63) is 0 Å². The summed E-state index contributed by atoms with van der Waals surface area (Å²) in [6.07, 6.45) is 0. The lowest BCUT2D eigenvalue weighted by Gasteiger charge is -2.40. The van der Waals surface area contributed by atoms with Crippen molar-refractivity contribution >= 4 is 15.2 Å². The van der Waals surface area contributed by atoms with Gasteiger partial charge in [-0.3, -0.25) is 14.0 Å². The maximum absolute atomic E-state index is 11.3. The largest absolute Gasteiger partial charge is 0.342 e. The minimum atomic E-state index is -4.91. The summed E-state index contributed by atoms with van der Waals surface area (Å²) in [5.74, 6) is 0. The Morgan fingerprint density at radius 3 is 2.28 bits per heavy atom. The smallest absolute Gasteiger partial charge is 0.329 e. The van der Waals surface area contributed by atoms with E-state index in [1.807, 2.05) is 0 Å². The lowest BCUT2D eigenvalue weighted by molar-refractivity contribution is 0.159. The summed E-state index contributed by atoms with van der Waals surface area (Å²) >= 11 is 0. The van der Waals surface area contributed by atoms with Gasteiger partial charge in [0.05, 0.1) is 0 Å². The molecule has 7 N–H and O–H groups in total. The first-order chi connectivity index (χ1) is 8.18. The van der Waals surface area contributed by atoms with Gasteiger partial charge in [-0.1, -0.05) is 0 Å². The minimum Gasteiger partial charge on any atom is -0.329 e. The summed E-state index contributed by atoms with van der Waals surface area (Å²) in [4.78, 5) is 38.3. The minimum absolute atomic E-state index is 0.112. The van der Waals surface area contributed by atoms with Gasteiger partial charge < -0.3 is 30.6 Å². The summed E-state index contributed by atoms with van der Waals surface area (Å²) in [6, 6.07) is -0.927. The molecule has 0 aromatic rings. The fraction of sp³-hybridized carbons (Fsp3) is 1.00. The maximum Gasteiger partial charge on any atom is 0.342 e. The van der Waals surface area contributed by atoms with Gasteiger partial charge in [-0.2, -0.15) is 0 Å². The van der Waals surface area contributed by atoms with Crippen LogP contribution in [-0.4, -0.2) is 68.6 Å². The second-order valence-corrected chi connectivity index (χ2v) is 8.06. The molecule has 1 aliphatic rings. The number of nitrogens with two attached hydrogens (primary N) is 1. The molecule has 1 aliphatic heterocycles. The highest BCUT2D eigenvalue weighted by molar-refractivity contribution is 7.71. The fourth-order valence-corrected chi connectivity index (χ4v) is 5.20. The zero-order chi connectivity index (χ0) is 14.0. The molecule has 1 saturated heterocycles. The number of nitrogens with zero attached hydrogens (tertiary/aromatic N) is 1. The van der Waals surface area contributed by atoms with E-state index >= 15 is 0 Å². The van der Waals surface area contributed by atoms with Crippen LogP contribution in [0.15, 0.2) is 0 Å². The van der Waals surface area contributed by atoms with Crippen LogP contribution in [0.2, 0.25) is 0 Å². The van der Waals surface area contributed by atoms with E-state index in [0.29, 0.717) is 19.6 Å². The van der Waals surface area contributed by atoms with E-state index in [1.54, 1.807) is 4.90 Å². The van der Waals surface area contributed by atoms with Crippen LogP contribution in [0.5, 0.6) is 0 Å². The molecule has 0 aromatic heterocycles. The number of nitrogens with one attached hydrogen (secondary N) is 1. The van der Waals surface area contributed by atoms with Crippen LogP contribution in [0.25, 0.3) is 0 Å². The van der Waals surface area contributed by atoms with E-state index in [0.717, 1.165) is 0 Å².